The third-order valence-corrected chi connectivity index (χ3v) is 3.88. The molecule has 2 aromatic rings. The normalized spacial score (nSPS) is 20.5. The molecule has 0 bridgehead atoms. The van der Waals surface area contributed by atoms with Crippen molar-refractivity contribution in [3.63, 3.8) is 0 Å². The molecule has 3 rings (SSSR count). The zero-order valence-electron chi connectivity index (χ0n) is 12.0. The van der Waals surface area contributed by atoms with Crippen molar-refractivity contribution in [2.75, 3.05) is 13.1 Å². The molecule has 1 fully saturated rings. The minimum Gasteiger partial charge on any atom is -0.440 e. The number of nitrogens with zero attached hydrogens (tertiary/aromatic N) is 2. The molecular formula is C15H17F3N2O. The third-order valence-electron chi connectivity index (χ3n) is 3.88. The molecular weight excluding hydrogens is 281 g/mol. The summed E-state index contributed by atoms with van der Waals surface area (Å²) in [5.74, 6) is 0.854. The number of benzene rings is 1. The molecule has 1 aromatic carbocycles. The van der Waals surface area contributed by atoms with Gasteiger partial charge in [-0.15, -0.1) is 0 Å². The number of halogens is 3. The Morgan fingerprint density at radius 2 is 2.14 bits per heavy atom. The van der Waals surface area contributed by atoms with Crippen molar-refractivity contribution < 1.29 is 17.6 Å². The monoisotopic (exact) mass is 298 g/mol. The van der Waals surface area contributed by atoms with Crippen LogP contribution in [-0.2, 0) is 12.7 Å². The molecule has 2 heterocycles. The largest absolute Gasteiger partial charge is 0.440 e. The first kappa shape index (κ1) is 14.4. The van der Waals surface area contributed by atoms with Crippen LogP contribution < -0.4 is 0 Å². The quantitative estimate of drug-likeness (QED) is 0.839. The molecule has 0 amide bonds. The van der Waals surface area contributed by atoms with E-state index in [0.29, 0.717) is 18.0 Å². The number of hydrogen-bond donors (Lipinski definition) is 0. The van der Waals surface area contributed by atoms with Gasteiger partial charge in [-0.3, -0.25) is 4.90 Å². The fraction of sp³-hybridized carbons (Fsp3) is 0.533. The van der Waals surface area contributed by atoms with Gasteiger partial charge in [-0.25, -0.2) is 4.98 Å². The SMILES string of the molecule is Cc1nc2cc(CN3CCC(C)C3)cc(C(F)(F)F)c2o1. The van der Waals surface area contributed by atoms with Crippen LogP contribution in [0.3, 0.4) is 0 Å². The Kier molecular flexibility index (Phi) is 3.43. The van der Waals surface area contributed by atoms with E-state index >= 15 is 0 Å². The molecule has 1 aliphatic heterocycles. The summed E-state index contributed by atoms with van der Waals surface area (Å²) in [6, 6.07) is 2.89. The van der Waals surface area contributed by atoms with Crippen LogP contribution in [0.5, 0.6) is 0 Å². The van der Waals surface area contributed by atoms with Crippen LogP contribution >= 0.6 is 0 Å². The van der Waals surface area contributed by atoms with Gasteiger partial charge in [0.2, 0.25) is 0 Å². The van der Waals surface area contributed by atoms with Gasteiger partial charge in [0.15, 0.2) is 11.5 Å². The van der Waals surface area contributed by atoms with Gasteiger partial charge in [-0.2, -0.15) is 13.2 Å². The van der Waals surface area contributed by atoms with Gasteiger partial charge in [0, 0.05) is 20.0 Å². The van der Waals surface area contributed by atoms with Crippen molar-refractivity contribution in [2.45, 2.75) is 33.0 Å². The smallest absolute Gasteiger partial charge is 0.420 e. The van der Waals surface area contributed by atoms with E-state index in [4.69, 9.17) is 4.42 Å². The number of hydrogen-bond acceptors (Lipinski definition) is 3. The fourth-order valence-electron chi connectivity index (χ4n) is 2.93. The lowest BCUT2D eigenvalue weighted by molar-refractivity contribution is -0.136. The Hall–Kier alpha value is -1.56. The van der Waals surface area contributed by atoms with Gasteiger partial charge in [0.25, 0.3) is 0 Å². The predicted octanol–water partition coefficient (Wildman–Crippen LogP) is 4.00. The van der Waals surface area contributed by atoms with E-state index in [9.17, 15) is 13.2 Å². The van der Waals surface area contributed by atoms with Crippen LogP contribution in [-0.4, -0.2) is 23.0 Å². The summed E-state index contributed by atoms with van der Waals surface area (Å²) in [7, 11) is 0. The number of likely N-dealkylation sites (tertiary alicyclic amines) is 1. The first-order valence-electron chi connectivity index (χ1n) is 7.02. The molecule has 0 spiro atoms. The van der Waals surface area contributed by atoms with Gasteiger partial charge >= 0.3 is 6.18 Å². The molecule has 6 heteroatoms. The number of aryl methyl sites for hydroxylation is 1. The van der Waals surface area contributed by atoms with E-state index in [1.54, 1.807) is 13.0 Å². The van der Waals surface area contributed by atoms with E-state index in [2.05, 4.69) is 16.8 Å². The average Bonchev–Trinajstić information content (AvgIpc) is 2.92. The lowest BCUT2D eigenvalue weighted by atomic mass is 10.1. The summed E-state index contributed by atoms with van der Waals surface area (Å²) in [5, 5.41) is 0. The van der Waals surface area contributed by atoms with Crippen molar-refractivity contribution >= 4 is 11.1 Å². The molecule has 0 N–H and O–H groups in total. The molecule has 0 aliphatic carbocycles. The van der Waals surface area contributed by atoms with Crippen molar-refractivity contribution in [1.29, 1.82) is 0 Å². The Balaban J connectivity index is 1.99. The summed E-state index contributed by atoms with van der Waals surface area (Å²) < 4.78 is 44.7. The van der Waals surface area contributed by atoms with E-state index in [-0.39, 0.29) is 17.0 Å². The van der Waals surface area contributed by atoms with Crippen LogP contribution in [0.2, 0.25) is 0 Å². The molecule has 1 unspecified atom stereocenters. The second kappa shape index (κ2) is 5.02. The average molecular weight is 298 g/mol. The Morgan fingerprint density at radius 3 is 2.76 bits per heavy atom. The molecule has 114 valence electrons. The second-order valence-electron chi connectivity index (χ2n) is 5.85. The van der Waals surface area contributed by atoms with Crippen molar-refractivity contribution in [3.8, 4) is 0 Å². The van der Waals surface area contributed by atoms with Gasteiger partial charge in [-0.05, 0) is 36.6 Å². The first-order chi connectivity index (χ1) is 9.83. The highest BCUT2D eigenvalue weighted by Crippen LogP contribution is 2.36. The summed E-state index contributed by atoms with van der Waals surface area (Å²) in [5.41, 5.74) is 0.0168. The van der Waals surface area contributed by atoms with E-state index < -0.39 is 11.7 Å². The number of alkyl halides is 3. The molecule has 1 aromatic heterocycles. The van der Waals surface area contributed by atoms with Crippen molar-refractivity contribution in [2.24, 2.45) is 5.92 Å². The minimum absolute atomic E-state index is 0.168. The molecule has 1 aliphatic rings. The van der Waals surface area contributed by atoms with Crippen molar-refractivity contribution in [1.82, 2.24) is 9.88 Å². The maximum absolute atomic E-state index is 13.2. The van der Waals surface area contributed by atoms with Crippen molar-refractivity contribution in [3.05, 3.63) is 29.2 Å². The Labute approximate surface area is 120 Å². The maximum Gasteiger partial charge on any atom is 0.420 e. The predicted molar refractivity (Wildman–Crippen MR) is 72.8 cm³/mol. The highest BCUT2D eigenvalue weighted by Gasteiger charge is 2.35. The number of aromatic nitrogens is 1. The first-order valence-corrected chi connectivity index (χ1v) is 7.02. The second-order valence-corrected chi connectivity index (χ2v) is 5.85. The van der Waals surface area contributed by atoms with E-state index in [1.807, 2.05) is 0 Å². The summed E-state index contributed by atoms with van der Waals surface area (Å²) >= 11 is 0. The highest BCUT2D eigenvalue weighted by molar-refractivity contribution is 5.78. The Bertz CT molecular complexity index is 663. The van der Waals surface area contributed by atoms with Crippen LogP contribution in [0.15, 0.2) is 16.5 Å². The standard InChI is InChI=1S/C15H17F3N2O/c1-9-3-4-20(7-9)8-11-5-12(15(16,17)18)14-13(6-11)19-10(2)21-14/h5-6,9H,3-4,7-8H2,1-2H3. The molecule has 0 radical (unpaired) electrons. The van der Waals surface area contributed by atoms with Gasteiger partial charge in [0.1, 0.15) is 11.1 Å². The Morgan fingerprint density at radius 1 is 1.38 bits per heavy atom. The van der Waals surface area contributed by atoms with Gasteiger partial charge in [0.05, 0.1) is 0 Å². The minimum atomic E-state index is -4.43. The topological polar surface area (TPSA) is 29.3 Å². The zero-order chi connectivity index (χ0) is 15.2. The van der Waals surface area contributed by atoms with Crippen LogP contribution in [0, 0.1) is 12.8 Å². The fourth-order valence-corrected chi connectivity index (χ4v) is 2.93. The van der Waals surface area contributed by atoms with E-state index in [1.165, 1.54) is 6.07 Å². The highest BCUT2D eigenvalue weighted by atomic mass is 19.4. The summed E-state index contributed by atoms with van der Waals surface area (Å²) in [6.07, 6.45) is -3.34. The molecule has 0 saturated carbocycles. The molecule has 21 heavy (non-hydrogen) atoms. The summed E-state index contributed by atoms with van der Waals surface area (Å²) in [4.78, 5) is 6.23. The maximum atomic E-state index is 13.2. The molecule has 1 saturated heterocycles. The molecule has 3 nitrogen and oxygen atoms in total. The lowest BCUT2D eigenvalue weighted by Crippen LogP contribution is -2.20. The third kappa shape index (κ3) is 2.90. The van der Waals surface area contributed by atoms with Crippen LogP contribution in [0.1, 0.15) is 30.4 Å². The molecule has 1 atom stereocenters. The lowest BCUT2D eigenvalue weighted by Gasteiger charge is -2.16. The zero-order valence-corrected chi connectivity index (χ0v) is 12.0. The summed E-state index contributed by atoms with van der Waals surface area (Å²) in [6.45, 7) is 6.10. The van der Waals surface area contributed by atoms with Crippen LogP contribution in [0.4, 0.5) is 13.2 Å². The van der Waals surface area contributed by atoms with Gasteiger partial charge in [-0.1, -0.05) is 6.92 Å². The number of rotatable bonds is 2. The van der Waals surface area contributed by atoms with Crippen LogP contribution in [0.25, 0.3) is 11.1 Å². The number of fused-ring (bicyclic) bond motifs is 1. The van der Waals surface area contributed by atoms with E-state index in [0.717, 1.165) is 19.5 Å². The van der Waals surface area contributed by atoms with Gasteiger partial charge < -0.3 is 4.42 Å². The number of oxazole rings is 1.